The fraction of sp³-hybridized carbons (Fsp3) is 1.00. The summed E-state index contributed by atoms with van der Waals surface area (Å²) in [6.07, 6.45) is -0.336. The van der Waals surface area contributed by atoms with E-state index in [4.69, 9.17) is 8.37 Å². The Morgan fingerprint density at radius 3 is 1.22 bits per heavy atom. The quantitative estimate of drug-likeness (QED) is 0.471. The van der Waals surface area contributed by atoms with Gasteiger partial charge >= 0.3 is 0 Å². The van der Waals surface area contributed by atoms with Gasteiger partial charge < -0.3 is 0 Å². The molecule has 0 aromatic rings. The maximum atomic E-state index is 11.3. The van der Waals surface area contributed by atoms with Crippen molar-refractivity contribution in [1.82, 2.24) is 0 Å². The molecule has 0 fully saturated rings. The largest absolute Gasteiger partial charge is 0.267 e. The van der Waals surface area contributed by atoms with E-state index in [1.54, 1.807) is 27.7 Å². The van der Waals surface area contributed by atoms with Gasteiger partial charge in [0.25, 0.3) is 20.2 Å². The Labute approximate surface area is 110 Å². The number of hydrogen-bond donors (Lipinski definition) is 0. The maximum absolute atomic E-state index is 11.3. The van der Waals surface area contributed by atoms with Crippen LogP contribution in [-0.2, 0) is 28.6 Å². The third kappa shape index (κ3) is 9.81. The van der Waals surface area contributed by atoms with Crippen LogP contribution in [0.5, 0.6) is 0 Å². The van der Waals surface area contributed by atoms with Crippen LogP contribution in [0.25, 0.3) is 0 Å². The van der Waals surface area contributed by atoms with Crippen molar-refractivity contribution in [2.45, 2.75) is 52.7 Å². The Morgan fingerprint density at radius 2 is 1.00 bits per heavy atom. The summed E-state index contributed by atoms with van der Waals surface area (Å²) in [4.78, 5) is 0. The number of unbranched alkanes of at least 4 members (excludes halogenated alkanes) is 1. The molecule has 0 heterocycles. The van der Waals surface area contributed by atoms with Crippen LogP contribution in [0.2, 0.25) is 0 Å². The van der Waals surface area contributed by atoms with E-state index < -0.39 is 32.4 Å². The molecule has 0 aromatic heterocycles. The highest BCUT2D eigenvalue weighted by atomic mass is 32.2. The van der Waals surface area contributed by atoms with Crippen LogP contribution in [0, 0.1) is 0 Å². The lowest BCUT2D eigenvalue weighted by molar-refractivity contribution is 0.246. The van der Waals surface area contributed by atoms with Crippen LogP contribution >= 0.6 is 0 Å². The molecule has 0 saturated heterocycles. The summed E-state index contributed by atoms with van der Waals surface area (Å²) in [5, 5.41) is 0. The second kappa shape index (κ2) is 7.42. The summed E-state index contributed by atoms with van der Waals surface area (Å²) in [5.74, 6) is -0.356. The summed E-state index contributed by atoms with van der Waals surface area (Å²) >= 11 is 0. The second-order valence-corrected chi connectivity index (χ2v) is 7.95. The first-order valence-corrected chi connectivity index (χ1v) is 9.01. The molecule has 0 bridgehead atoms. The average Bonchev–Trinajstić information content (AvgIpc) is 2.08. The molecule has 0 N–H and O–H groups in total. The van der Waals surface area contributed by atoms with Crippen molar-refractivity contribution >= 4 is 20.2 Å². The zero-order chi connectivity index (χ0) is 14.4. The third-order valence-corrected chi connectivity index (χ3v) is 4.65. The van der Waals surface area contributed by atoms with Crippen LogP contribution < -0.4 is 0 Å². The molecule has 0 saturated carbocycles. The van der Waals surface area contributed by atoms with Gasteiger partial charge in [0, 0.05) is 0 Å². The first-order valence-electron chi connectivity index (χ1n) is 5.86. The third-order valence-electron chi connectivity index (χ3n) is 1.72. The molecule has 0 unspecified atom stereocenters. The maximum Gasteiger partial charge on any atom is 0.267 e. The van der Waals surface area contributed by atoms with E-state index in [1.165, 1.54) is 0 Å². The van der Waals surface area contributed by atoms with E-state index in [2.05, 4.69) is 0 Å². The highest BCUT2D eigenvalue weighted by molar-refractivity contribution is 7.87. The second-order valence-electron chi connectivity index (χ2n) is 4.52. The van der Waals surface area contributed by atoms with Gasteiger partial charge in [-0.3, -0.25) is 8.37 Å². The van der Waals surface area contributed by atoms with Crippen molar-refractivity contribution < 1.29 is 25.2 Å². The monoisotopic (exact) mass is 302 g/mol. The minimum atomic E-state index is -3.56. The van der Waals surface area contributed by atoms with Gasteiger partial charge in [-0.05, 0) is 40.5 Å². The molecular weight excluding hydrogens is 280 g/mol. The minimum Gasteiger partial charge on any atom is -0.267 e. The zero-order valence-electron chi connectivity index (χ0n) is 11.2. The molecule has 0 atom stereocenters. The summed E-state index contributed by atoms with van der Waals surface area (Å²) in [6.45, 7) is 6.49. The SMILES string of the molecule is CC(C)OS(=O)(=O)CCCCS(=O)(=O)OC(C)C. The summed E-state index contributed by atoms with van der Waals surface area (Å²) in [6, 6.07) is 0. The summed E-state index contributed by atoms with van der Waals surface area (Å²) in [5.41, 5.74) is 0. The summed E-state index contributed by atoms with van der Waals surface area (Å²) < 4.78 is 54.8. The topological polar surface area (TPSA) is 86.7 Å². The lowest BCUT2D eigenvalue weighted by Gasteiger charge is -2.09. The molecule has 0 radical (unpaired) electrons. The molecule has 0 rings (SSSR count). The Balaban J connectivity index is 4.01. The lowest BCUT2D eigenvalue weighted by Crippen LogP contribution is -2.18. The molecule has 0 amide bonds. The van der Waals surface area contributed by atoms with E-state index in [0.717, 1.165) is 0 Å². The van der Waals surface area contributed by atoms with Crippen LogP contribution in [0.4, 0.5) is 0 Å². The molecule has 0 aromatic carbocycles. The van der Waals surface area contributed by atoms with E-state index in [9.17, 15) is 16.8 Å². The average molecular weight is 302 g/mol. The number of rotatable bonds is 9. The Kier molecular flexibility index (Phi) is 7.34. The van der Waals surface area contributed by atoms with Crippen molar-refractivity contribution in [2.24, 2.45) is 0 Å². The molecule has 0 spiro atoms. The first-order chi connectivity index (χ1) is 8.04. The molecule has 0 aliphatic carbocycles. The van der Waals surface area contributed by atoms with Crippen LogP contribution in [-0.4, -0.2) is 40.5 Å². The Morgan fingerprint density at radius 1 is 0.722 bits per heavy atom. The van der Waals surface area contributed by atoms with Crippen molar-refractivity contribution in [3.05, 3.63) is 0 Å². The van der Waals surface area contributed by atoms with E-state index >= 15 is 0 Å². The minimum absolute atomic E-state index is 0.178. The normalized spacial score (nSPS) is 13.4. The molecule has 0 aliphatic rings. The van der Waals surface area contributed by atoms with Crippen molar-refractivity contribution in [3.63, 3.8) is 0 Å². The molecule has 18 heavy (non-hydrogen) atoms. The summed E-state index contributed by atoms with van der Waals surface area (Å²) in [7, 11) is -7.11. The van der Waals surface area contributed by atoms with E-state index in [-0.39, 0.29) is 24.3 Å². The van der Waals surface area contributed by atoms with Crippen LogP contribution in [0.1, 0.15) is 40.5 Å². The van der Waals surface area contributed by atoms with Gasteiger partial charge in [0.1, 0.15) is 0 Å². The van der Waals surface area contributed by atoms with Gasteiger partial charge in [-0.25, -0.2) is 0 Å². The van der Waals surface area contributed by atoms with Crippen LogP contribution in [0.15, 0.2) is 0 Å². The van der Waals surface area contributed by atoms with Gasteiger partial charge in [0.15, 0.2) is 0 Å². The van der Waals surface area contributed by atoms with Gasteiger partial charge in [-0.1, -0.05) is 0 Å². The molecular formula is C10H22O6S2. The van der Waals surface area contributed by atoms with Crippen molar-refractivity contribution in [2.75, 3.05) is 11.5 Å². The number of hydrogen-bond acceptors (Lipinski definition) is 6. The predicted octanol–water partition coefficient (Wildman–Crippen LogP) is 1.28. The smallest absolute Gasteiger partial charge is 0.267 e. The van der Waals surface area contributed by atoms with Gasteiger partial charge in [-0.2, -0.15) is 16.8 Å². The highest BCUT2D eigenvalue weighted by Crippen LogP contribution is 2.06. The van der Waals surface area contributed by atoms with Crippen molar-refractivity contribution in [3.8, 4) is 0 Å². The lowest BCUT2D eigenvalue weighted by atomic mass is 10.4. The van der Waals surface area contributed by atoms with Gasteiger partial charge in [0.05, 0.1) is 23.7 Å². The predicted molar refractivity (Wildman–Crippen MR) is 69.2 cm³/mol. The molecule has 8 heteroatoms. The van der Waals surface area contributed by atoms with E-state index in [0.29, 0.717) is 0 Å². The van der Waals surface area contributed by atoms with Crippen molar-refractivity contribution in [1.29, 1.82) is 0 Å². The molecule has 6 nitrogen and oxygen atoms in total. The standard InChI is InChI=1S/C10H22O6S2/c1-9(2)15-17(11,12)7-5-6-8-18(13,14)16-10(3)4/h9-10H,5-8H2,1-4H3. The molecule has 0 aliphatic heterocycles. The van der Waals surface area contributed by atoms with E-state index in [1.807, 2.05) is 0 Å². The van der Waals surface area contributed by atoms with Gasteiger partial charge in [0.2, 0.25) is 0 Å². The molecule has 110 valence electrons. The first kappa shape index (κ1) is 17.8. The fourth-order valence-electron chi connectivity index (χ4n) is 1.24. The fourth-order valence-corrected chi connectivity index (χ4v) is 3.72. The Bertz CT molecular complexity index is 379. The highest BCUT2D eigenvalue weighted by Gasteiger charge is 2.16. The zero-order valence-corrected chi connectivity index (χ0v) is 12.9. The Hall–Kier alpha value is -0.180. The van der Waals surface area contributed by atoms with Crippen LogP contribution in [0.3, 0.4) is 0 Å². The van der Waals surface area contributed by atoms with Gasteiger partial charge in [-0.15, -0.1) is 0 Å².